The van der Waals surface area contributed by atoms with Crippen molar-refractivity contribution in [3.63, 3.8) is 0 Å². The summed E-state index contributed by atoms with van der Waals surface area (Å²) < 4.78 is 23.0. The van der Waals surface area contributed by atoms with Gasteiger partial charge >= 0.3 is 6.03 Å². The largest absolute Gasteiger partial charge is 0.332 e. The summed E-state index contributed by atoms with van der Waals surface area (Å²) in [6, 6.07) is 7.86. The van der Waals surface area contributed by atoms with Gasteiger partial charge < -0.3 is 4.90 Å². The average Bonchev–Trinajstić information content (AvgIpc) is 2.90. The molecular weight excluding hydrogens is 280 g/mol. The molecule has 0 bridgehead atoms. The van der Waals surface area contributed by atoms with Crippen LogP contribution in [0.3, 0.4) is 0 Å². The lowest BCUT2D eigenvalue weighted by Crippen LogP contribution is -2.40. The molecule has 1 aromatic rings. The second-order valence-corrected chi connectivity index (χ2v) is 7.26. The lowest BCUT2D eigenvalue weighted by atomic mass is 10.2. The maximum Gasteiger partial charge on any atom is 0.332 e. The van der Waals surface area contributed by atoms with Gasteiger partial charge in [-0.1, -0.05) is 18.2 Å². The SMILES string of the molecule is O=C1CN(C2CCS(=O)(=O)C2)C(=O)N1c1ccccc1. The van der Waals surface area contributed by atoms with Crippen LogP contribution >= 0.6 is 0 Å². The summed E-state index contributed by atoms with van der Waals surface area (Å²) >= 11 is 0. The first-order valence-electron chi connectivity index (χ1n) is 6.37. The number of benzene rings is 1. The van der Waals surface area contributed by atoms with Crippen LogP contribution in [0.25, 0.3) is 0 Å². The van der Waals surface area contributed by atoms with Crippen molar-refractivity contribution in [2.45, 2.75) is 12.5 Å². The van der Waals surface area contributed by atoms with Crippen LogP contribution in [0.2, 0.25) is 0 Å². The van der Waals surface area contributed by atoms with Crippen molar-refractivity contribution >= 4 is 27.5 Å². The zero-order valence-corrected chi connectivity index (χ0v) is 11.5. The molecule has 106 valence electrons. The highest BCUT2D eigenvalue weighted by atomic mass is 32.2. The first-order chi connectivity index (χ1) is 9.48. The first-order valence-corrected chi connectivity index (χ1v) is 8.19. The molecule has 1 aromatic carbocycles. The molecule has 7 heteroatoms. The zero-order valence-electron chi connectivity index (χ0n) is 10.7. The van der Waals surface area contributed by atoms with E-state index in [0.717, 1.165) is 4.90 Å². The highest BCUT2D eigenvalue weighted by molar-refractivity contribution is 7.91. The van der Waals surface area contributed by atoms with Gasteiger partial charge in [0.25, 0.3) is 5.91 Å². The Kier molecular flexibility index (Phi) is 3.01. The fraction of sp³-hybridized carbons (Fsp3) is 0.385. The summed E-state index contributed by atoms with van der Waals surface area (Å²) in [4.78, 5) is 26.9. The Morgan fingerprint density at radius 2 is 1.80 bits per heavy atom. The third kappa shape index (κ3) is 2.18. The Hall–Kier alpha value is -1.89. The summed E-state index contributed by atoms with van der Waals surface area (Å²) in [7, 11) is -3.08. The molecule has 3 amide bonds. The van der Waals surface area contributed by atoms with E-state index in [2.05, 4.69) is 0 Å². The van der Waals surface area contributed by atoms with Crippen LogP contribution in [0.15, 0.2) is 30.3 Å². The molecular formula is C13H14N2O4S. The van der Waals surface area contributed by atoms with Crippen LogP contribution in [0.5, 0.6) is 0 Å². The van der Waals surface area contributed by atoms with Gasteiger partial charge in [-0.05, 0) is 18.6 Å². The highest BCUT2D eigenvalue weighted by Crippen LogP contribution is 2.26. The third-order valence-corrected chi connectivity index (χ3v) is 5.41. The number of hydrogen-bond acceptors (Lipinski definition) is 4. The summed E-state index contributed by atoms with van der Waals surface area (Å²) in [5.74, 6) is -0.277. The van der Waals surface area contributed by atoms with Crippen LogP contribution in [-0.2, 0) is 14.6 Å². The number of sulfone groups is 1. The third-order valence-electron chi connectivity index (χ3n) is 3.66. The Morgan fingerprint density at radius 1 is 1.10 bits per heavy atom. The maximum absolute atomic E-state index is 12.4. The van der Waals surface area contributed by atoms with E-state index in [-0.39, 0.29) is 30.0 Å². The molecule has 0 radical (unpaired) electrons. The molecule has 2 fully saturated rings. The van der Waals surface area contributed by atoms with Crippen molar-refractivity contribution in [2.24, 2.45) is 0 Å². The Bertz CT molecular complexity index is 656. The number of imide groups is 1. The molecule has 3 rings (SSSR count). The van der Waals surface area contributed by atoms with Crippen molar-refractivity contribution in [2.75, 3.05) is 23.0 Å². The van der Waals surface area contributed by atoms with E-state index >= 15 is 0 Å². The van der Waals surface area contributed by atoms with Gasteiger partial charge in [0.15, 0.2) is 9.84 Å². The van der Waals surface area contributed by atoms with Crippen molar-refractivity contribution in [1.29, 1.82) is 0 Å². The number of carbonyl (C=O) groups excluding carboxylic acids is 2. The first kappa shape index (κ1) is 13.1. The maximum atomic E-state index is 12.4. The minimum absolute atomic E-state index is 0.0470. The van der Waals surface area contributed by atoms with Crippen LogP contribution < -0.4 is 4.90 Å². The van der Waals surface area contributed by atoms with E-state index in [4.69, 9.17) is 0 Å². The van der Waals surface area contributed by atoms with Gasteiger partial charge in [-0.25, -0.2) is 18.1 Å². The van der Waals surface area contributed by atoms with E-state index < -0.39 is 15.9 Å². The molecule has 1 unspecified atom stereocenters. The van der Waals surface area contributed by atoms with Crippen LogP contribution in [0.4, 0.5) is 10.5 Å². The normalized spacial score (nSPS) is 25.5. The van der Waals surface area contributed by atoms with Gasteiger partial charge in [-0.2, -0.15) is 0 Å². The zero-order chi connectivity index (χ0) is 14.3. The number of urea groups is 1. The molecule has 20 heavy (non-hydrogen) atoms. The Balaban J connectivity index is 1.85. The number of para-hydroxylation sites is 1. The van der Waals surface area contributed by atoms with Gasteiger partial charge in [-0.3, -0.25) is 4.79 Å². The lowest BCUT2D eigenvalue weighted by molar-refractivity contribution is -0.116. The topological polar surface area (TPSA) is 74.8 Å². The molecule has 2 aliphatic rings. The molecule has 0 aliphatic carbocycles. The number of carbonyl (C=O) groups is 2. The van der Waals surface area contributed by atoms with Crippen molar-refractivity contribution in [3.05, 3.63) is 30.3 Å². The lowest BCUT2D eigenvalue weighted by Gasteiger charge is -2.22. The van der Waals surface area contributed by atoms with E-state index in [0.29, 0.717) is 12.1 Å². The Labute approximate surface area is 116 Å². The number of amides is 3. The van der Waals surface area contributed by atoms with E-state index in [1.54, 1.807) is 30.3 Å². The van der Waals surface area contributed by atoms with Crippen molar-refractivity contribution in [1.82, 2.24) is 4.90 Å². The van der Waals surface area contributed by atoms with Gasteiger partial charge in [0.05, 0.1) is 17.2 Å². The molecule has 2 aliphatic heterocycles. The predicted molar refractivity (Wildman–Crippen MR) is 73.1 cm³/mol. The number of rotatable bonds is 2. The monoisotopic (exact) mass is 294 g/mol. The van der Waals surface area contributed by atoms with Gasteiger partial charge in [0.2, 0.25) is 0 Å². The fourth-order valence-electron chi connectivity index (χ4n) is 2.66. The summed E-state index contributed by atoms with van der Waals surface area (Å²) in [5, 5.41) is 0. The quantitative estimate of drug-likeness (QED) is 0.750. The van der Waals surface area contributed by atoms with Crippen LogP contribution in [0.1, 0.15) is 6.42 Å². The summed E-state index contributed by atoms with van der Waals surface area (Å²) in [6.45, 7) is -0.0477. The molecule has 0 spiro atoms. The molecule has 6 nitrogen and oxygen atoms in total. The fourth-order valence-corrected chi connectivity index (χ4v) is 4.39. The van der Waals surface area contributed by atoms with E-state index in [1.165, 1.54) is 4.90 Å². The minimum atomic E-state index is -3.08. The highest BCUT2D eigenvalue weighted by Gasteiger charge is 2.44. The minimum Gasteiger partial charge on any atom is -0.311 e. The number of anilines is 1. The van der Waals surface area contributed by atoms with Crippen molar-refractivity contribution < 1.29 is 18.0 Å². The van der Waals surface area contributed by atoms with Crippen molar-refractivity contribution in [3.8, 4) is 0 Å². The molecule has 0 saturated carbocycles. The smallest absolute Gasteiger partial charge is 0.311 e. The Morgan fingerprint density at radius 3 is 2.40 bits per heavy atom. The predicted octanol–water partition coefficient (Wildman–Crippen LogP) is 0.642. The second-order valence-electron chi connectivity index (χ2n) is 5.03. The molecule has 0 aromatic heterocycles. The average molecular weight is 294 g/mol. The second kappa shape index (κ2) is 4.59. The number of nitrogens with zero attached hydrogens (tertiary/aromatic N) is 2. The summed E-state index contributed by atoms with van der Waals surface area (Å²) in [6.07, 6.45) is 0.407. The molecule has 0 N–H and O–H groups in total. The van der Waals surface area contributed by atoms with E-state index in [9.17, 15) is 18.0 Å². The van der Waals surface area contributed by atoms with Crippen LogP contribution in [0, 0.1) is 0 Å². The van der Waals surface area contributed by atoms with Gasteiger partial charge in [0, 0.05) is 6.04 Å². The van der Waals surface area contributed by atoms with E-state index in [1.807, 2.05) is 0 Å². The molecule has 2 heterocycles. The van der Waals surface area contributed by atoms with Crippen LogP contribution in [-0.4, -0.2) is 49.3 Å². The standard InChI is InChI=1S/C13H14N2O4S/c16-12-8-14(11-6-7-20(18,19)9-11)13(17)15(12)10-4-2-1-3-5-10/h1-5,11H,6-9H2. The molecule has 2 saturated heterocycles. The van der Waals surface area contributed by atoms with Gasteiger partial charge in [0.1, 0.15) is 6.54 Å². The van der Waals surface area contributed by atoms with Gasteiger partial charge in [-0.15, -0.1) is 0 Å². The number of hydrogen-bond donors (Lipinski definition) is 0. The molecule has 1 atom stereocenters. The summed E-state index contributed by atoms with van der Waals surface area (Å²) in [5.41, 5.74) is 0.519.